The van der Waals surface area contributed by atoms with Crippen molar-refractivity contribution in [2.24, 2.45) is 0 Å². The van der Waals surface area contributed by atoms with Crippen molar-refractivity contribution in [3.63, 3.8) is 0 Å². The lowest BCUT2D eigenvalue weighted by Crippen LogP contribution is -2.31. The largest absolute Gasteiger partial charge is 0.481 e. The molecular formula is C26H25FN6O5. The molecule has 0 bridgehead atoms. The normalized spacial score (nSPS) is 11.6. The summed E-state index contributed by atoms with van der Waals surface area (Å²) in [5, 5.41) is 12.3. The minimum absolute atomic E-state index is 0.0000457. The second-order valence-corrected chi connectivity index (χ2v) is 7.99. The molecule has 3 amide bonds. The molecule has 38 heavy (non-hydrogen) atoms. The van der Waals surface area contributed by atoms with Crippen LogP contribution in [0.4, 0.5) is 10.3 Å². The molecular weight excluding hydrogens is 495 g/mol. The Morgan fingerprint density at radius 2 is 1.84 bits per heavy atom. The molecule has 0 atom stereocenters. The molecule has 0 unspecified atom stereocenters. The van der Waals surface area contributed by atoms with E-state index in [9.17, 15) is 23.6 Å². The lowest BCUT2D eigenvalue weighted by molar-refractivity contribution is -0.117. The maximum atomic E-state index is 13.7. The average molecular weight is 521 g/mol. The minimum atomic E-state index is -0.756. The van der Waals surface area contributed by atoms with Gasteiger partial charge in [0.1, 0.15) is 19.0 Å². The van der Waals surface area contributed by atoms with Gasteiger partial charge in [0.2, 0.25) is 17.6 Å². The van der Waals surface area contributed by atoms with Crippen LogP contribution in [0, 0.1) is 17.1 Å². The number of hydrogen-bond acceptors (Lipinski definition) is 7. The van der Waals surface area contributed by atoms with E-state index in [0.717, 1.165) is 16.2 Å². The van der Waals surface area contributed by atoms with Crippen LogP contribution in [0.25, 0.3) is 0 Å². The molecule has 0 saturated heterocycles. The number of rotatable bonds is 7. The van der Waals surface area contributed by atoms with Gasteiger partial charge >= 0.3 is 0 Å². The molecule has 196 valence electrons. The number of hydrogen-bond donors (Lipinski definition) is 2. The first kappa shape index (κ1) is 27.5. The molecule has 12 heteroatoms. The molecule has 0 saturated carbocycles. The minimum Gasteiger partial charge on any atom is -0.481 e. The van der Waals surface area contributed by atoms with Crippen molar-refractivity contribution < 1.29 is 23.5 Å². The summed E-state index contributed by atoms with van der Waals surface area (Å²) in [5.41, 5.74) is 0.208. The summed E-state index contributed by atoms with van der Waals surface area (Å²) in [5.74, 6) is -2.52. The van der Waals surface area contributed by atoms with Gasteiger partial charge in [0, 0.05) is 33.1 Å². The number of nitriles is 1. The van der Waals surface area contributed by atoms with E-state index in [-0.39, 0.29) is 48.6 Å². The van der Waals surface area contributed by atoms with E-state index in [4.69, 9.17) is 10.00 Å². The zero-order chi connectivity index (χ0) is 27.8. The number of carbonyl (C=O) groups is 3. The van der Waals surface area contributed by atoms with Gasteiger partial charge in [0.15, 0.2) is 5.69 Å². The summed E-state index contributed by atoms with van der Waals surface area (Å²) in [6.07, 6.45) is 0. The van der Waals surface area contributed by atoms with Crippen LogP contribution in [0.2, 0.25) is 0 Å². The number of nitrogens with zero attached hydrogens (tertiary/aromatic N) is 4. The second-order valence-electron chi connectivity index (χ2n) is 7.99. The van der Waals surface area contributed by atoms with Crippen molar-refractivity contribution in [1.29, 1.82) is 5.26 Å². The first-order valence-corrected chi connectivity index (χ1v) is 11.4. The summed E-state index contributed by atoms with van der Waals surface area (Å²) in [7, 11) is 2.86. The number of nitrogens with one attached hydrogen (secondary N) is 2. The third-order valence-corrected chi connectivity index (χ3v) is 5.50. The summed E-state index contributed by atoms with van der Waals surface area (Å²) >= 11 is 0. The van der Waals surface area contributed by atoms with Crippen molar-refractivity contribution in [2.45, 2.75) is 26.6 Å². The molecule has 2 N–H and O–H groups in total. The highest BCUT2D eigenvalue weighted by molar-refractivity contribution is 5.99. The van der Waals surface area contributed by atoms with Gasteiger partial charge in [-0.15, -0.1) is 0 Å². The quantitative estimate of drug-likeness (QED) is 0.483. The number of fused-ring (bicyclic) bond motifs is 1. The van der Waals surface area contributed by atoms with Crippen LogP contribution in [-0.2, 0) is 24.5 Å². The van der Waals surface area contributed by atoms with Crippen LogP contribution in [0.1, 0.15) is 38.9 Å². The van der Waals surface area contributed by atoms with Gasteiger partial charge < -0.3 is 15.4 Å². The molecule has 1 aromatic heterocycles. The molecule has 11 nitrogen and oxygen atoms in total. The third kappa shape index (κ3) is 6.01. The van der Waals surface area contributed by atoms with Crippen molar-refractivity contribution in [1.82, 2.24) is 20.2 Å². The number of carbonyl (C=O) groups excluding carboxylic acids is 3. The Balaban J connectivity index is 0.00000127. The first-order chi connectivity index (χ1) is 18.2. The van der Waals surface area contributed by atoms with Gasteiger partial charge in [-0.05, 0) is 23.3 Å². The predicted octanol–water partition coefficient (Wildman–Crippen LogP) is 1.76. The second kappa shape index (κ2) is 12.3. The number of anilines is 1. The van der Waals surface area contributed by atoms with E-state index in [1.807, 2.05) is 6.07 Å². The Hall–Kier alpha value is -5.05. The predicted molar refractivity (Wildman–Crippen MR) is 135 cm³/mol. The highest BCUT2D eigenvalue weighted by Gasteiger charge is 2.32. The maximum absolute atomic E-state index is 13.7. The van der Waals surface area contributed by atoms with E-state index in [0.29, 0.717) is 5.56 Å². The zero-order valence-corrected chi connectivity index (χ0v) is 20.9. The Bertz CT molecular complexity index is 1470. The smallest absolute Gasteiger partial charge is 0.298 e. The third-order valence-electron chi connectivity index (χ3n) is 5.50. The molecule has 3 aromatic rings. The average Bonchev–Trinajstić information content (AvgIpc) is 3.21. The van der Waals surface area contributed by atoms with Crippen molar-refractivity contribution in [3.05, 3.63) is 87.1 Å². The van der Waals surface area contributed by atoms with Crippen molar-refractivity contribution >= 4 is 23.7 Å². The Labute approximate surface area is 217 Å². The van der Waals surface area contributed by atoms with Gasteiger partial charge in [0.05, 0.1) is 6.07 Å². The molecule has 2 heterocycles. The highest BCUT2D eigenvalue weighted by atomic mass is 19.1. The summed E-state index contributed by atoms with van der Waals surface area (Å²) in [6, 6.07) is 14.4. The van der Waals surface area contributed by atoms with E-state index < -0.39 is 23.2 Å². The van der Waals surface area contributed by atoms with Gasteiger partial charge in [-0.25, -0.2) is 9.37 Å². The zero-order valence-electron chi connectivity index (χ0n) is 20.9. The highest BCUT2D eigenvalue weighted by Crippen LogP contribution is 2.22. The fourth-order valence-corrected chi connectivity index (χ4v) is 3.60. The summed E-state index contributed by atoms with van der Waals surface area (Å²) in [6.45, 7) is 1.07. The molecule has 0 aliphatic carbocycles. The van der Waals surface area contributed by atoms with Gasteiger partial charge in [-0.3, -0.25) is 28.6 Å². The number of ether oxygens (including phenoxy) is 1. The number of benzene rings is 2. The molecule has 4 rings (SSSR count). The van der Waals surface area contributed by atoms with Crippen LogP contribution in [0.3, 0.4) is 0 Å². The summed E-state index contributed by atoms with van der Waals surface area (Å²) in [4.78, 5) is 55.9. The van der Waals surface area contributed by atoms with Crippen molar-refractivity contribution in [2.75, 3.05) is 19.0 Å². The fourth-order valence-electron chi connectivity index (χ4n) is 3.60. The topological polar surface area (TPSA) is 146 Å². The SMILES string of the molecule is CC#N.CNC(=O)c1cc(F)ccc1CNC(=O)c1nc2n(c(=O)c1OCc1ccccc1)CC(=O)N2C. The molecule has 2 aromatic carbocycles. The Morgan fingerprint density at radius 3 is 2.50 bits per heavy atom. The van der Waals surface area contributed by atoms with Gasteiger partial charge in [-0.1, -0.05) is 36.4 Å². The van der Waals surface area contributed by atoms with Crippen LogP contribution >= 0.6 is 0 Å². The van der Waals surface area contributed by atoms with Crippen LogP contribution in [-0.4, -0.2) is 41.4 Å². The van der Waals surface area contributed by atoms with Gasteiger partial charge in [0.25, 0.3) is 17.4 Å². The van der Waals surface area contributed by atoms with E-state index in [1.165, 1.54) is 38.1 Å². The van der Waals surface area contributed by atoms with Gasteiger partial charge in [-0.2, -0.15) is 5.26 Å². The Kier molecular flexibility index (Phi) is 8.89. The molecule has 0 fully saturated rings. The van der Waals surface area contributed by atoms with Crippen LogP contribution < -0.4 is 25.8 Å². The molecule has 1 aliphatic heterocycles. The van der Waals surface area contributed by atoms with Crippen LogP contribution in [0.15, 0.2) is 53.3 Å². The Morgan fingerprint density at radius 1 is 1.16 bits per heavy atom. The molecule has 1 aliphatic rings. The molecule has 0 radical (unpaired) electrons. The maximum Gasteiger partial charge on any atom is 0.298 e. The summed E-state index contributed by atoms with van der Waals surface area (Å²) < 4.78 is 20.5. The number of halogens is 1. The monoisotopic (exact) mass is 520 g/mol. The van der Waals surface area contributed by atoms with E-state index >= 15 is 0 Å². The lowest BCUT2D eigenvalue weighted by Gasteiger charge is -2.15. The lowest BCUT2D eigenvalue weighted by atomic mass is 10.1. The number of likely N-dealkylation sites (N-methyl/N-ethyl adjacent to an activating group) is 1. The molecule has 0 spiro atoms. The van der Waals surface area contributed by atoms with Crippen LogP contribution in [0.5, 0.6) is 5.75 Å². The van der Waals surface area contributed by atoms with Crippen molar-refractivity contribution in [3.8, 4) is 11.8 Å². The van der Waals surface area contributed by atoms with E-state index in [1.54, 1.807) is 30.3 Å². The van der Waals surface area contributed by atoms with E-state index in [2.05, 4.69) is 15.6 Å². The number of amides is 3. The number of aromatic nitrogens is 2. The standard InChI is InChI=1S/C24H22FN5O5.C2H3N/c1-26-21(32)17-10-16(25)9-8-15(17)11-27-22(33)19-20(35-13-14-6-4-3-5-7-14)23(34)30-12-18(31)29(2)24(30)28-19;1-2-3/h3-10H,11-13H2,1-2H3,(H,26,32)(H,27,33);1H3. The first-order valence-electron chi connectivity index (χ1n) is 11.4. The fraction of sp³-hybridized carbons (Fsp3) is 0.231.